The monoisotopic (exact) mass is 378 g/mol. The summed E-state index contributed by atoms with van der Waals surface area (Å²) in [5, 5.41) is 10.3. The molecule has 6 nitrogen and oxygen atoms in total. The number of fused-ring (bicyclic) bond motifs is 2. The molecule has 0 bridgehead atoms. The van der Waals surface area contributed by atoms with Crippen LogP contribution in [-0.4, -0.2) is 81.1 Å². The molecule has 1 spiro atoms. The van der Waals surface area contributed by atoms with E-state index in [1.54, 1.807) is 12.4 Å². The zero-order valence-electron chi connectivity index (χ0n) is 15.9. The van der Waals surface area contributed by atoms with Crippen molar-refractivity contribution in [3.8, 4) is 0 Å². The lowest BCUT2D eigenvalue weighted by Gasteiger charge is -2.61. The first kappa shape index (κ1) is 17.8. The maximum absolute atomic E-state index is 13.1. The van der Waals surface area contributed by atoms with Gasteiger partial charge in [-0.15, -0.1) is 0 Å². The largest absolute Gasteiger partial charge is 0.392 e. The van der Waals surface area contributed by atoms with Crippen molar-refractivity contribution in [1.82, 2.24) is 19.7 Å². The zero-order chi connectivity index (χ0) is 19.1. The maximum Gasteiger partial charge on any atom is 0.255 e. The second-order valence-electron chi connectivity index (χ2n) is 8.48. The number of β-amino-alcohol motifs (C(OH)–C–C–N with tert-alkyl or cyclic N) is 1. The van der Waals surface area contributed by atoms with Crippen LogP contribution in [-0.2, 0) is 6.54 Å². The Morgan fingerprint density at radius 3 is 2.68 bits per heavy atom. The van der Waals surface area contributed by atoms with Crippen molar-refractivity contribution in [2.45, 2.75) is 30.7 Å². The van der Waals surface area contributed by atoms with Gasteiger partial charge in [0, 0.05) is 57.7 Å². The summed E-state index contributed by atoms with van der Waals surface area (Å²) in [5.74, 6) is 0.0509. The van der Waals surface area contributed by atoms with Gasteiger partial charge in [-0.25, -0.2) is 0 Å². The molecule has 0 aliphatic carbocycles. The van der Waals surface area contributed by atoms with Gasteiger partial charge in [0.05, 0.1) is 17.2 Å². The Morgan fingerprint density at radius 2 is 1.93 bits per heavy atom. The molecule has 1 amide bonds. The van der Waals surface area contributed by atoms with E-state index in [0.717, 1.165) is 39.1 Å². The molecule has 0 saturated carbocycles. The summed E-state index contributed by atoms with van der Waals surface area (Å²) in [5.41, 5.74) is 1.91. The minimum absolute atomic E-state index is 0.0486. The number of carbonyl (C=O) groups is 1. The summed E-state index contributed by atoms with van der Waals surface area (Å²) in [4.78, 5) is 24.1. The van der Waals surface area contributed by atoms with E-state index in [4.69, 9.17) is 0 Å². The highest BCUT2D eigenvalue weighted by atomic mass is 16.3. The second-order valence-corrected chi connectivity index (χ2v) is 8.48. The number of hydrogen-bond donors (Lipinski definition) is 1. The maximum atomic E-state index is 13.1. The Morgan fingerprint density at radius 1 is 1.11 bits per heavy atom. The number of aliphatic hydroxyl groups is 1. The first-order valence-corrected chi connectivity index (χ1v) is 10.0. The highest BCUT2D eigenvalue weighted by Crippen LogP contribution is 2.39. The zero-order valence-corrected chi connectivity index (χ0v) is 15.9. The lowest BCUT2D eigenvalue weighted by Crippen LogP contribution is -2.78. The van der Waals surface area contributed by atoms with Gasteiger partial charge in [0.2, 0.25) is 0 Å². The first-order valence-electron chi connectivity index (χ1n) is 10.0. The Balaban J connectivity index is 1.34. The number of nitrogens with zero attached hydrogens (tertiary/aromatic N) is 4. The van der Waals surface area contributed by atoms with Gasteiger partial charge in [0.1, 0.15) is 0 Å². The molecule has 3 aliphatic rings. The molecule has 1 aromatic carbocycles. The quantitative estimate of drug-likeness (QED) is 0.871. The fourth-order valence-corrected chi connectivity index (χ4v) is 5.26. The van der Waals surface area contributed by atoms with Crippen LogP contribution in [0.1, 0.15) is 22.3 Å². The number of amides is 1. The molecule has 0 radical (unpaired) electrons. The molecule has 5 rings (SSSR count). The normalized spacial score (nSPS) is 26.8. The number of benzene rings is 1. The number of aliphatic hydroxyl groups excluding tert-OH is 1. The third kappa shape index (κ3) is 3.11. The van der Waals surface area contributed by atoms with E-state index in [-0.39, 0.29) is 23.6 Å². The number of carbonyl (C=O) groups excluding carboxylic acids is 1. The third-order valence-electron chi connectivity index (χ3n) is 6.40. The smallest absolute Gasteiger partial charge is 0.255 e. The molecule has 3 fully saturated rings. The molecule has 4 heterocycles. The molecule has 3 aliphatic heterocycles. The van der Waals surface area contributed by atoms with Crippen molar-refractivity contribution in [3.63, 3.8) is 0 Å². The molecule has 0 unspecified atom stereocenters. The topological polar surface area (TPSA) is 59.9 Å². The molecular formula is C22H26N4O2. The van der Waals surface area contributed by atoms with Crippen LogP contribution in [0.25, 0.3) is 0 Å². The van der Waals surface area contributed by atoms with Crippen LogP contribution in [0.5, 0.6) is 0 Å². The van der Waals surface area contributed by atoms with E-state index in [1.807, 2.05) is 23.1 Å². The van der Waals surface area contributed by atoms with Gasteiger partial charge in [-0.3, -0.25) is 19.6 Å². The van der Waals surface area contributed by atoms with Crippen LogP contribution in [0, 0.1) is 0 Å². The number of aromatic nitrogens is 1. The second kappa shape index (κ2) is 6.95. The first-order chi connectivity index (χ1) is 13.6. The van der Waals surface area contributed by atoms with E-state index in [0.29, 0.717) is 12.1 Å². The third-order valence-corrected chi connectivity index (χ3v) is 6.40. The van der Waals surface area contributed by atoms with Gasteiger partial charge in [-0.1, -0.05) is 30.3 Å². The molecule has 1 N–H and O–H groups in total. The van der Waals surface area contributed by atoms with E-state index < -0.39 is 0 Å². The van der Waals surface area contributed by atoms with E-state index in [9.17, 15) is 9.90 Å². The number of pyridine rings is 1. The van der Waals surface area contributed by atoms with Crippen molar-refractivity contribution < 1.29 is 9.90 Å². The van der Waals surface area contributed by atoms with Crippen molar-refractivity contribution in [2.75, 3.05) is 32.7 Å². The molecule has 1 aromatic heterocycles. The summed E-state index contributed by atoms with van der Waals surface area (Å²) in [6.07, 6.45) is 3.79. The fraction of sp³-hybridized carbons (Fsp3) is 0.455. The number of hydrogen-bond acceptors (Lipinski definition) is 5. The number of piperazine rings is 1. The van der Waals surface area contributed by atoms with Gasteiger partial charge < -0.3 is 10.0 Å². The standard InChI is InChI=1S/C22H26N4O2/c27-20-9-19-12-25(21(28)18-7-4-8-23-10-18)16-22(26(19)13-20)14-24(15-22)11-17-5-2-1-3-6-17/h1-8,10,19-20,27H,9,11-16H2/t19-,20+/m0/s1. The predicted octanol–water partition coefficient (Wildman–Crippen LogP) is 1.23. The molecule has 3 saturated heterocycles. The van der Waals surface area contributed by atoms with Gasteiger partial charge in [0.15, 0.2) is 0 Å². The van der Waals surface area contributed by atoms with Crippen LogP contribution in [0.2, 0.25) is 0 Å². The summed E-state index contributed by atoms with van der Waals surface area (Å²) in [6.45, 7) is 4.92. The lowest BCUT2D eigenvalue weighted by molar-refractivity contribution is -0.108. The predicted molar refractivity (Wildman–Crippen MR) is 106 cm³/mol. The van der Waals surface area contributed by atoms with Gasteiger partial charge in [-0.2, -0.15) is 0 Å². The molecular weight excluding hydrogens is 352 g/mol. The molecule has 146 valence electrons. The Kier molecular flexibility index (Phi) is 4.42. The van der Waals surface area contributed by atoms with E-state index >= 15 is 0 Å². The Bertz CT molecular complexity index is 838. The van der Waals surface area contributed by atoms with Crippen molar-refractivity contribution in [3.05, 3.63) is 66.0 Å². The van der Waals surface area contributed by atoms with Gasteiger partial charge >= 0.3 is 0 Å². The van der Waals surface area contributed by atoms with Crippen molar-refractivity contribution >= 4 is 5.91 Å². The average molecular weight is 378 g/mol. The number of rotatable bonds is 3. The lowest BCUT2D eigenvalue weighted by atomic mass is 9.83. The van der Waals surface area contributed by atoms with Gasteiger partial charge in [-0.05, 0) is 24.1 Å². The summed E-state index contributed by atoms with van der Waals surface area (Å²) in [6, 6.07) is 14.4. The van der Waals surface area contributed by atoms with E-state index in [1.165, 1.54) is 5.56 Å². The summed E-state index contributed by atoms with van der Waals surface area (Å²) >= 11 is 0. The van der Waals surface area contributed by atoms with E-state index in [2.05, 4.69) is 39.0 Å². The highest BCUT2D eigenvalue weighted by Gasteiger charge is 2.56. The Hall–Kier alpha value is -2.28. The van der Waals surface area contributed by atoms with Crippen molar-refractivity contribution in [2.24, 2.45) is 0 Å². The molecule has 2 aromatic rings. The average Bonchev–Trinajstić information content (AvgIpc) is 3.08. The minimum Gasteiger partial charge on any atom is -0.392 e. The van der Waals surface area contributed by atoms with Crippen molar-refractivity contribution in [1.29, 1.82) is 0 Å². The van der Waals surface area contributed by atoms with Crippen LogP contribution in [0.3, 0.4) is 0 Å². The minimum atomic E-state index is -0.293. The Labute approximate surface area is 165 Å². The van der Waals surface area contributed by atoms with Gasteiger partial charge in [0.25, 0.3) is 5.91 Å². The highest BCUT2D eigenvalue weighted by molar-refractivity contribution is 5.94. The molecule has 6 heteroatoms. The van der Waals surface area contributed by atoms with Crippen LogP contribution >= 0.6 is 0 Å². The van der Waals surface area contributed by atoms with Crippen LogP contribution < -0.4 is 0 Å². The van der Waals surface area contributed by atoms with Crippen LogP contribution in [0.4, 0.5) is 0 Å². The summed E-state index contributed by atoms with van der Waals surface area (Å²) in [7, 11) is 0. The summed E-state index contributed by atoms with van der Waals surface area (Å²) < 4.78 is 0. The SMILES string of the molecule is O=C(c1cccnc1)N1C[C@@H]2C[C@@H](O)CN2C2(CN(Cc3ccccc3)C2)C1. The molecule has 2 atom stereocenters. The van der Waals surface area contributed by atoms with Crippen LogP contribution in [0.15, 0.2) is 54.9 Å². The fourth-order valence-electron chi connectivity index (χ4n) is 5.26. The number of likely N-dealkylation sites (tertiary alicyclic amines) is 1. The molecule has 28 heavy (non-hydrogen) atoms.